The molecule has 0 radical (unpaired) electrons. The van der Waals surface area contributed by atoms with Gasteiger partial charge in [0.15, 0.2) is 5.78 Å². The second-order valence-electron chi connectivity index (χ2n) is 5.50. The van der Waals surface area contributed by atoms with Gasteiger partial charge in [0.2, 0.25) is 5.91 Å². The summed E-state index contributed by atoms with van der Waals surface area (Å²) in [5.41, 5.74) is 0. The Morgan fingerprint density at radius 2 is 1.94 bits per heavy atom. The minimum Gasteiger partial charge on any atom is -0.328 e. The lowest BCUT2D eigenvalue weighted by atomic mass is 10.0. The molecule has 1 N–H and O–H groups in total. The minimum atomic E-state index is -0.104. The molecule has 3 heterocycles. The maximum atomic E-state index is 12.5. The molecule has 0 unspecified atom stereocenters. The lowest BCUT2D eigenvalue weighted by Gasteiger charge is -2.29. The Morgan fingerprint density at radius 3 is 2.82 bits per heavy atom. The van der Waals surface area contributed by atoms with Crippen LogP contribution in [0.15, 0.2) is 0 Å². The molecule has 0 aromatic heterocycles. The van der Waals surface area contributed by atoms with E-state index in [2.05, 4.69) is 5.32 Å². The van der Waals surface area contributed by atoms with E-state index >= 15 is 0 Å². The number of nitrogens with one attached hydrogen (secondary N) is 1. The van der Waals surface area contributed by atoms with Crippen LogP contribution in [-0.2, 0) is 9.59 Å². The molecule has 0 saturated carbocycles. The first-order chi connectivity index (χ1) is 8.27. The summed E-state index contributed by atoms with van der Waals surface area (Å²) in [4.78, 5) is 26.5. The smallest absolute Gasteiger partial charge is 0.240 e. The van der Waals surface area contributed by atoms with Crippen LogP contribution >= 0.6 is 0 Å². The summed E-state index contributed by atoms with van der Waals surface area (Å²) in [5.74, 6) is 0.468. The van der Waals surface area contributed by atoms with Gasteiger partial charge in [0.05, 0.1) is 12.1 Å². The Morgan fingerprint density at radius 1 is 1.06 bits per heavy atom. The standard InChI is InChI=1S/C13H20N2O2/c16-12-5-2-8-14-10-4-1-3-9-6-7-11(12)15(9)13(10)17/h9-11,14H,1-8H2/t9-,10+,11-/m0/s1. The fourth-order valence-corrected chi connectivity index (χ4v) is 3.57. The van der Waals surface area contributed by atoms with Crippen molar-refractivity contribution in [2.75, 3.05) is 6.54 Å². The average molecular weight is 236 g/mol. The largest absolute Gasteiger partial charge is 0.328 e. The van der Waals surface area contributed by atoms with Crippen molar-refractivity contribution < 1.29 is 9.59 Å². The number of carbonyl (C=O) groups excluding carboxylic acids is 2. The SMILES string of the molecule is O=C1CCCN[C@@H]2CCC[C@H]3CC[C@@H]1N3C2=O. The van der Waals surface area contributed by atoms with Crippen molar-refractivity contribution in [3.8, 4) is 0 Å². The Hall–Kier alpha value is -0.900. The van der Waals surface area contributed by atoms with Crippen LogP contribution in [0.4, 0.5) is 0 Å². The molecule has 3 aliphatic heterocycles. The Labute approximate surface area is 102 Å². The number of amides is 1. The van der Waals surface area contributed by atoms with Crippen molar-refractivity contribution in [3.05, 3.63) is 0 Å². The van der Waals surface area contributed by atoms with Crippen LogP contribution in [0.3, 0.4) is 0 Å². The van der Waals surface area contributed by atoms with Gasteiger partial charge in [-0.05, 0) is 45.1 Å². The van der Waals surface area contributed by atoms with Gasteiger partial charge in [-0.15, -0.1) is 0 Å². The first kappa shape index (κ1) is 11.2. The Kier molecular flexibility index (Phi) is 2.90. The summed E-state index contributed by atoms with van der Waals surface area (Å²) in [6.45, 7) is 0.799. The average Bonchev–Trinajstić information content (AvgIpc) is 2.69. The van der Waals surface area contributed by atoms with Crippen LogP contribution in [0.2, 0.25) is 0 Å². The summed E-state index contributed by atoms with van der Waals surface area (Å²) in [6, 6.07) is 0.195. The molecular formula is C13H20N2O2. The molecule has 0 aromatic carbocycles. The normalized spacial score (nSPS) is 38.4. The van der Waals surface area contributed by atoms with Gasteiger partial charge in [-0.1, -0.05) is 0 Å². The highest BCUT2D eigenvalue weighted by Gasteiger charge is 2.44. The topological polar surface area (TPSA) is 49.4 Å². The van der Waals surface area contributed by atoms with E-state index in [1.54, 1.807) is 0 Å². The van der Waals surface area contributed by atoms with Crippen LogP contribution in [-0.4, -0.2) is 41.3 Å². The molecule has 3 fully saturated rings. The van der Waals surface area contributed by atoms with Gasteiger partial charge < -0.3 is 10.2 Å². The molecule has 3 atom stereocenters. The molecule has 94 valence electrons. The summed E-state index contributed by atoms with van der Waals surface area (Å²) >= 11 is 0. The summed E-state index contributed by atoms with van der Waals surface area (Å²) < 4.78 is 0. The van der Waals surface area contributed by atoms with Crippen molar-refractivity contribution in [2.45, 2.75) is 63.1 Å². The second-order valence-corrected chi connectivity index (χ2v) is 5.50. The van der Waals surface area contributed by atoms with E-state index in [9.17, 15) is 9.59 Å². The zero-order valence-electron chi connectivity index (χ0n) is 10.2. The number of hydrogen-bond donors (Lipinski definition) is 1. The molecule has 3 saturated heterocycles. The first-order valence-electron chi connectivity index (χ1n) is 6.85. The van der Waals surface area contributed by atoms with Gasteiger partial charge >= 0.3 is 0 Å². The molecule has 4 nitrogen and oxygen atoms in total. The number of rotatable bonds is 0. The zero-order valence-corrected chi connectivity index (χ0v) is 10.2. The third-order valence-corrected chi connectivity index (χ3v) is 4.45. The zero-order chi connectivity index (χ0) is 11.8. The number of nitrogens with zero attached hydrogens (tertiary/aromatic N) is 1. The molecule has 4 heteroatoms. The van der Waals surface area contributed by atoms with Crippen molar-refractivity contribution in [3.63, 3.8) is 0 Å². The fraction of sp³-hybridized carbons (Fsp3) is 0.846. The van der Waals surface area contributed by atoms with Gasteiger partial charge in [-0.3, -0.25) is 9.59 Å². The van der Waals surface area contributed by atoms with Crippen molar-refractivity contribution in [1.29, 1.82) is 0 Å². The van der Waals surface area contributed by atoms with E-state index in [1.807, 2.05) is 4.90 Å². The molecule has 0 spiro atoms. The molecule has 3 rings (SSSR count). The maximum absolute atomic E-state index is 12.5. The second kappa shape index (κ2) is 4.41. The predicted octanol–water partition coefficient (Wildman–Crippen LogP) is 0.851. The summed E-state index contributed by atoms with van der Waals surface area (Å²) in [5, 5.41) is 3.33. The fourth-order valence-electron chi connectivity index (χ4n) is 3.57. The van der Waals surface area contributed by atoms with Crippen molar-refractivity contribution in [2.24, 2.45) is 0 Å². The number of carbonyl (C=O) groups is 2. The van der Waals surface area contributed by atoms with E-state index < -0.39 is 0 Å². The van der Waals surface area contributed by atoms with Crippen LogP contribution in [0, 0.1) is 0 Å². The molecular weight excluding hydrogens is 216 g/mol. The highest BCUT2D eigenvalue weighted by Crippen LogP contribution is 2.33. The number of hydrogen-bond acceptors (Lipinski definition) is 3. The lowest BCUT2D eigenvalue weighted by Crippen LogP contribution is -2.50. The van der Waals surface area contributed by atoms with E-state index in [-0.39, 0.29) is 23.8 Å². The Bertz CT molecular complexity index is 342. The van der Waals surface area contributed by atoms with Crippen molar-refractivity contribution >= 4 is 11.7 Å². The lowest BCUT2D eigenvalue weighted by molar-refractivity contribution is -0.140. The summed E-state index contributed by atoms with van der Waals surface area (Å²) in [6.07, 6.45) is 6.53. The Balaban J connectivity index is 1.93. The maximum Gasteiger partial charge on any atom is 0.240 e. The van der Waals surface area contributed by atoms with Crippen LogP contribution in [0.25, 0.3) is 0 Å². The van der Waals surface area contributed by atoms with Crippen LogP contribution in [0.5, 0.6) is 0 Å². The molecule has 0 aromatic rings. The molecule has 1 amide bonds. The quantitative estimate of drug-likeness (QED) is 0.678. The highest BCUT2D eigenvalue weighted by molar-refractivity contribution is 5.92. The summed E-state index contributed by atoms with van der Waals surface area (Å²) in [7, 11) is 0. The van der Waals surface area contributed by atoms with Gasteiger partial charge in [0.1, 0.15) is 0 Å². The van der Waals surface area contributed by atoms with Gasteiger partial charge in [0.25, 0.3) is 0 Å². The third kappa shape index (κ3) is 1.88. The molecule has 3 aliphatic rings. The minimum absolute atomic E-state index is 0.0356. The first-order valence-corrected chi connectivity index (χ1v) is 6.85. The monoisotopic (exact) mass is 236 g/mol. The van der Waals surface area contributed by atoms with E-state index in [0.29, 0.717) is 12.5 Å². The molecule has 17 heavy (non-hydrogen) atoms. The molecule has 0 aliphatic carbocycles. The number of Topliss-reactive ketones (excluding diaryl/α,β-unsaturated/α-hetero) is 1. The number of fused-ring (bicyclic) bond motifs is 1. The molecule has 2 bridgehead atoms. The van der Waals surface area contributed by atoms with Crippen molar-refractivity contribution in [1.82, 2.24) is 10.2 Å². The third-order valence-electron chi connectivity index (χ3n) is 4.45. The van der Waals surface area contributed by atoms with Crippen LogP contribution < -0.4 is 5.32 Å². The van der Waals surface area contributed by atoms with Crippen LogP contribution in [0.1, 0.15) is 44.9 Å². The van der Waals surface area contributed by atoms with Gasteiger partial charge in [0, 0.05) is 12.5 Å². The van der Waals surface area contributed by atoms with Gasteiger partial charge in [-0.25, -0.2) is 0 Å². The van der Waals surface area contributed by atoms with Gasteiger partial charge in [-0.2, -0.15) is 0 Å². The van der Waals surface area contributed by atoms with E-state index in [1.165, 1.54) is 0 Å². The van der Waals surface area contributed by atoms with E-state index in [0.717, 1.165) is 45.1 Å². The van der Waals surface area contributed by atoms with E-state index in [4.69, 9.17) is 0 Å². The predicted molar refractivity (Wildman–Crippen MR) is 63.5 cm³/mol. The highest BCUT2D eigenvalue weighted by atomic mass is 16.2. The number of ketones is 1.